The lowest BCUT2D eigenvalue weighted by Crippen LogP contribution is -2.49. The SMILES string of the molecule is C[C@@H]1CCC[C@H](C)N1C(=O)COC(=O)C[C@H](NC(N)=O)c1ccc(Cl)cc1. The molecule has 7 nitrogen and oxygen atoms in total. The van der Waals surface area contributed by atoms with Crippen LogP contribution in [-0.4, -0.2) is 41.5 Å². The van der Waals surface area contributed by atoms with Crippen molar-refractivity contribution in [2.45, 2.75) is 57.7 Å². The Morgan fingerprint density at radius 3 is 2.37 bits per heavy atom. The number of hydrogen-bond acceptors (Lipinski definition) is 4. The number of nitrogens with zero attached hydrogens (tertiary/aromatic N) is 1. The Bertz CT molecular complexity index is 670. The lowest BCUT2D eigenvalue weighted by molar-refractivity contribution is -0.155. The fraction of sp³-hybridized carbons (Fsp3) is 0.526. The van der Waals surface area contributed by atoms with Crippen LogP contribution in [0.2, 0.25) is 5.02 Å². The molecule has 3 amide bonds. The number of hydrogen-bond donors (Lipinski definition) is 2. The highest BCUT2D eigenvalue weighted by atomic mass is 35.5. The van der Waals surface area contributed by atoms with Crippen molar-refractivity contribution in [3.05, 3.63) is 34.9 Å². The van der Waals surface area contributed by atoms with Crippen LogP contribution >= 0.6 is 11.6 Å². The van der Waals surface area contributed by atoms with E-state index in [2.05, 4.69) is 5.32 Å². The molecular weight excluding hydrogens is 370 g/mol. The van der Waals surface area contributed by atoms with Crippen molar-refractivity contribution in [1.29, 1.82) is 0 Å². The predicted molar refractivity (Wildman–Crippen MR) is 102 cm³/mol. The highest BCUT2D eigenvalue weighted by Gasteiger charge is 2.29. The van der Waals surface area contributed by atoms with Gasteiger partial charge >= 0.3 is 12.0 Å². The van der Waals surface area contributed by atoms with Crippen LogP contribution in [-0.2, 0) is 14.3 Å². The molecule has 0 unspecified atom stereocenters. The number of esters is 1. The quantitative estimate of drug-likeness (QED) is 0.723. The lowest BCUT2D eigenvalue weighted by Gasteiger charge is -2.38. The summed E-state index contributed by atoms with van der Waals surface area (Å²) < 4.78 is 5.16. The van der Waals surface area contributed by atoms with Crippen LogP contribution in [0.15, 0.2) is 24.3 Å². The molecule has 1 saturated heterocycles. The van der Waals surface area contributed by atoms with E-state index in [-0.39, 0.29) is 31.0 Å². The Morgan fingerprint density at radius 2 is 1.81 bits per heavy atom. The maximum atomic E-state index is 12.4. The highest BCUT2D eigenvalue weighted by Crippen LogP contribution is 2.23. The number of piperidine rings is 1. The molecule has 0 saturated carbocycles. The van der Waals surface area contributed by atoms with Gasteiger partial charge in [0.15, 0.2) is 6.61 Å². The lowest BCUT2D eigenvalue weighted by atomic mass is 9.97. The van der Waals surface area contributed by atoms with Gasteiger partial charge in [0.2, 0.25) is 0 Å². The summed E-state index contributed by atoms with van der Waals surface area (Å²) in [5.74, 6) is -0.789. The molecule has 1 heterocycles. The van der Waals surface area contributed by atoms with Crippen LogP contribution in [0.4, 0.5) is 4.79 Å². The fourth-order valence-electron chi connectivity index (χ4n) is 3.47. The van der Waals surface area contributed by atoms with E-state index in [0.717, 1.165) is 19.3 Å². The Morgan fingerprint density at radius 1 is 1.22 bits per heavy atom. The van der Waals surface area contributed by atoms with Crippen LogP contribution in [0, 0.1) is 0 Å². The normalized spacial score (nSPS) is 20.6. The van der Waals surface area contributed by atoms with Gasteiger partial charge in [0, 0.05) is 17.1 Å². The first-order valence-corrected chi connectivity index (χ1v) is 9.44. The van der Waals surface area contributed by atoms with Gasteiger partial charge in [0.25, 0.3) is 5.91 Å². The van der Waals surface area contributed by atoms with Gasteiger partial charge < -0.3 is 20.7 Å². The highest BCUT2D eigenvalue weighted by molar-refractivity contribution is 6.30. The van der Waals surface area contributed by atoms with Crippen molar-refractivity contribution in [2.24, 2.45) is 5.73 Å². The molecule has 0 bridgehead atoms. The average Bonchev–Trinajstić information content (AvgIpc) is 2.59. The number of nitrogens with two attached hydrogens (primary N) is 1. The summed E-state index contributed by atoms with van der Waals surface area (Å²) in [7, 11) is 0. The van der Waals surface area contributed by atoms with Gasteiger partial charge in [-0.3, -0.25) is 9.59 Å². The monoisotopic (exact) mass is 395 g/mol. The Labute approximate surface area is 164 Å². The van der Waals surface area contributed by atoms with E-state index in [0.29, 0.717) is 10.6 Å². The Hall–Kier alpha value is -2.28. The van der Waals surface area contributed by atoms with E-state index in [4.69, 9.17) is 22.1 Å². The Kier molecular flexibility index (Phi) is 7.47. The van der Waals surface area contributed by atoms with Crippen molar-refractivity contribution in [2.75, 3.05) is 6.61 Å². The molecule has 1 aliphatic heterocycles. The van der Waals surface area contributed by atoms with E-state index in [1.165, 1.54) is 0 Å². The maximum absolute atomic E-state index is 12.4. The van der Waals surface area contributed by atoms with Gasteiger partial charge in [-0.1, -0.05) is 23.7 Å². The smallest absolute Gasteiger partial charge is 0.312 e. The molecule has 3 N–H and O–H groups in total. The van der Waals surface area contributed by atoms with Crippen LogP contribution in [0.5, 0.6) is 0 Å². The van der Waals surface area contributed by atoms with Gasteiger partial charge in [-0.05, 0) is 50.8 Å². The minimum absolute atomic E-state index is 0.136. The standard InChI is InChI=1S/C19H26ClN3O4/c1-12-4-3-5-13(2)23(12)17(24)11-27-18(25)10-16(22-19(21)26)14-6-8-15(20)9-7-14/h6-9,12-13,16H,3-5,10-11H2,1-2H3,(H3,21,22,26)/t12-,13+,16-/m0/s1. The summed E-state index contributed by atoms with van der Waals surface area (Å²) in [5.41, 5.74) is 5.86. The van der Waals surface area contributed by atoms with E-state index in [1.54, 1.807) is 29.2 Å². The molecule has 0 aromatic heterocycles. The number of amides is 3. The number of benzene rings is 1. The third-order valence-corrected chi connectivity index (χ3v) is 5.05. The first-order valence-electron chi connectivity index (χ1n) is 9.06. The van der Waals surface area contributed by atoms with Gasteiger partial charge in [-0.15, -0.1) is 0 Å². The number of ether oxygens (including phenoxy) is 1. The Balaban J connectivity index is 1.94. The number of primary amides is 1. The molecule has 0 radical (unpaired) electrons. The van der Waals surface area contributed by atoms with Crippen LogP contribution in [0.25, 0.3) is 0 Å². The molecule has 1 fully saturated rings. The first-order chi connectivity index (χ1) is 12.8. The average molecular weight is 396 g/mol. The zero-order valence-corrected chi connectivity index (χ0v) is 16.4. The van der Waals surface area contributed by atoms with Crippen molar-refractivity contribution in [3.8, 4) is 0 Å². The summed E-state index contributed by atoms with van der Waals surface area (Å²) in [6.45, 7) is 3.70. The third kappa shape index (κ3) is 6.13. The van der Waals surface area contributed by atoms with Crippen molar-refractivity contribution in [1.82, 2.24) is 10.2 Å². The van der Waals surface area contributed by atoms with Gasteiger partial charge in [0.1, 0.15) is 0 Å². The molecule has 1 aliphatic rings. The summed E-state index contributed by atoms with van der Waals surface area (Å²) in [6, 6.07) is 5.56. The van der Waals surface area contributed by atoms with Crippen LogP contribution in [0.3, 0.4) is 0 Å². The van der Waals surface area contributed by atoms with Gasteiger partial charge in [-0.2, -0.15) is 0 Å². The summed E-state index contributed by atoms with van der Waals surface area (Å²) in [5, 5.41) is 3.05. The van der Waals surface area contributed by atoms with E-state index in [1.807, 2.05) is 13.8 Å². The molecule has 27 heavy (non-hydrogen) atoms. The van der Waals surface area contributed by atoms with Crippen molar-refractivity contribution in [3.63, 3.8) is 0 Å². The second-order valence-corrected chi connectivity index (χ2v) is 7.34. The second-order valence-electron chi connectivity index (χ2n) is 6.91. The zero-order valence-electron chi connectivity index (χ0n) is 15.6. The molecule has 2 rings (SSSR count). The van der Waals surface area contributed by atoms with Crippen molar-refractivity contribution >= 4 is 29.5 Å². The van der Waals surface area contributed by atoms with Crippen LogP contribution < -0.4 is 11.1 Å². The minimum Gasteiger partial charge on any atom is -0.455 e. The first kappa shape index (κ1) is 21.0. The molecule has 148 valence electrons. The van der Waals surface area contributed by atoms with E-state index >= 15 is 0 Å². The summed E-state index contributed by atoms with van der Waals surface area (Å²) in [4.78, 5) is 37.7. The van der Waals surface area contributed by atoms with Crippen LogP contribution in [0.1, 0.15) is 51.1 Å². The summed E-state index contributed by atoms with van der Waals surface area (Å²) in [6.07, 6.45) is 2.85. The van der Waals surface area contributed by atoms with Crippen molar-refractivity contribution < 1.29 is 19.1 Å². The number of halogens is 1. The number of carbonyl (C=O) groups excluding carboxylic acids is 3. The number of nitrogens with one attached hydrogen (secondary N) is 1. The third-order valence-electron chi connectivity index (χ3n) is 4.80. The number of likely N-dealkylation sites (tertiary alicyclic amines) is 1. The number of carbonyl (C=O) groups is 3. The largest absolute Gasteiger partial charge is 0.455 e. The molecule has 0 aliphatic carbocycles. The minimum atomic E-state index is -0.755. The van der Waals surface area contributed by atoms with E-state index < -0.39 is 18.0 Å². The second kappa shape index (κ2) is 9.60. The predicted octanol–water partition coefficient (Wildman–Crippen LogP) is 2.77. The number of urea groups is 1. The molecule has 8 heteroatoms. The fourth-order valence-corrected chi connectivity index (χ4v) is 3.60. The maximum Gasteiger partial charge on any atom is 0.312 e. The van der Waals surface area contributed by atoms with E-state index in [9.17, 15) is 14.4 Å². The summed E-state index contributed by atoms with van der Waals surface area (Å²) >= 11 is 5.86. The molecular formula is C19H26ClN3O4. The van der Waals surface area contributed by atoms with Gasteiger partial charge in [-0.25, -0.2) is 4.79 Å². The zero-order chi connectivity index (χ0) is 20.0. The number of rotatable bonds is 6. The molecule has 0 spiro atoms. The molecule has 1 aromatic rings. The molecule has 1 aromatic carbocycles. The molecule has 3 atom stereocenters. The topological polar surface area (TPSA) is 102 Å². The van der Waals surface area contributed by atoms with Gasteiger partial charge in [0.05, 0.1) is 12.5 Å².